The van der Waals surface area contributed by atoms with Crippen molar-refractivity contribution in [3.8, 4) is 0 Å². The molecule has 0 aromatic heterocycles. The zero-order chi connectivity index (χ0) is 24.8. The lowest BCUT2D eigenvalue weighted by Gasteiger charge is -2.31. The van der Waals surface area contributed by atoms with Crippen LogP contribution in [0.3, 0.4) is 0 Å². The van der Waals surface area contributed by atoms with Gasteiger partial charge in [0.1, 0.15) is 0 Å². The molecule has 0 fully saturated rings. The van der Waals surface area contributed by atoms with Gasteiger partial charge in [-0.15, -0.1) is 0 Å². The lowest BCUT2D eigenvalue weighted by Crippen LogP contribution is -2.34. The van der Waals surface area contributed by atoms with Gasteiger partial charge in [-0.3, -0.25) is 4.79 Å². The molecule has 0 aliphatic carbocycles. The van der Waals surface area contributed by atoms with Gasteiger partial charge in [0.2, 0.25) is 0 Å². The zero-order valence-electron chi connectivity index (χ0n) is 20.9. The molecule has 0 atom stereocenters. The molecule has 1 aliphatic heterocycles. The Labute approximate surface area is 214 Å². The summed E-state index contributed by atoms with van der Waals surface area (Å²) in [7, 11) is 0. The van der Waals surface area contributed by atoms with Crippen LogP contribution < -0.4 is 15.5 Å². The number of carbonyl (C=O) groups excluding carboxylic acids is 1. The quantitative estimate of drug-likeness (QED) is 0.232. The van der Waals surface area contributed by atoms with E-state index in [-0.39, 0.29) is 11.2 Å². The highest BCUT2D eigenvalue weighted by molar-refractivity contribution is 7.80. The Balaban J connectivity index is 1.28. The Morgan fingerprint density at radius 1 is 0.971 bits per heavy atom. The number of ketones is 1. The van der Waals surface area contributed by atoms with E-state index in [0.29, 0.717) is 16.2 Å². The van der Waals surface area contributed by atoms with Crippen LogP contribution in [0.25, 0.3) is 0 Å². The molecule has 0 saturated carbocycles. The van der Waals surface area contributed by atoms with E-state index in [9.17, 15) is 4.79 Å². The van der Waals surface area contributed by atoms with Crippen molar-refractivity contribution < 1.29 is 4.79 Å². The van der Waals surface area contributed by atoms with Gasteiger partial charge in [0.05, 0.1) is 0 Å². The van der Waals surface area contributed by atoms with Gasteiger partial charge in [0, 0.05) is 42.1 Å². The Morgan fingerprint density at radius 2 is 1.74 bits per heavy atom. The maximum atomic E-state index is 13.0. The minimum Gasteiger partial charge on any atom is -0.371 e. The van der Waals surface area contributed by atoms with Crippen molar-refractivity contribution in [1.82, 2.24) is 5.32 Å². The summed E-state index contributed by atoms with van der Waals surface area (Å²) in [6, 6.07) is 24.1. The Morgan fingerprint density at radius 3 is 2.51 bits per heavy atom. The highest BCUT2D eigenvalue weighted by Gasteiger charge is 2.16. The van der Waals surface area contributed by atoms with Crippen molar-refractivity contribution in [1.29, 1.82) is 0 Å². The van der Waals surface area contributed by atoms with Crippen LogP contribution in [0.2, 0.25) is 0 Å². The molecule has 0 unspecified atom stereocenters. The number of fused-ring (bicyclic) bond motifs is 1. The lowest BCUT2D eigenvalue weighted by molar-refractivity contribution is 0.103. The number of para-hydroxylation sites is 1. The molecular formula is C30H35N3OS. The molecule has 4 rings (SSSR count). The third kappa shape index (κ3) is 6.49. The minimum atomic E-state index is 0.00907. The third-order valence-electron chi connectivity index (χ3n) is 6.49. The first-order chi connectivity index (χ1) is 16.8. The van der Waals surface area contributed by atoms with Crippen molar-refractivity contribution in [2.75, 3.05) is 29.9 Å². The van der Waals surface area contributed by atoms with Crippen LogP contribution in [0.4, 0.5) is 11.4 Å². The second kappa shape index (κ2) is 11.0. The van der Waals surface area contributed by atoms with Gasteiger partial charge in [-0.25, -0.2) is 0 Å². The van der Waals surface area contributed by atoms with Gasteiger partial charge in [-0.05, 0) is 66.2 Å². The molecule has 0 saturated heterocycles. The summed E-state index contributed by atoms with van der Waals surface area (Å²) in [5.41, 5.74) is 6.24. The maximum absolute atomic E-state index is 13.0. The van der Waals surface area contributed by atoms with Crippen molar-refractivity contribution in [3.05, 3.63) is 95.1 Å². The maximum Gasteiger partial charge on any atom is 0.193 e. The van der Waals surface area contributed by atoms with Gasteiger partial charge >= 0.3 is 0 Å². The molecule has 0 amide bonds. The smallest absolute Gasteiger partial charge is 0.193 e. The highest BCUT2D eigenvalue weighted by atomic mass is 32.1. The molecule has 3 aromatic carbocycles. The number of nitrogens with zero attached hydrogens (tertiary/aromatic N) is 1. The molecule has 4 nitrogen and oxygen atoms in total. The fourth-order valence-corrected chi connectivity index (χ4v) is 4.74. The Kier molecular flexibility index (Phi) is 7.86. The molecule has 0 radical (unpaired) electrons. The molecule has 5 heteroatoms. The fourth-order valence-electron chi connectivity index (χ4n) is 4.52. The highest BCUT2D eigenvalue weighted by Crippen LogP contribution is 2.26. The first kappa shape index (κ1) is 24.9. The largest absolute Gasteiger partial charge is 0.371 e. The van der Waals surface area contributed by atoms with Gasteiger partial charge in [0.25, 0.3) is 0 Å². The predicted octanol–water partition coefficient (Wildman–Crippen LogP) is 6.34. The Bertz CT molecular complexity index is 1180. The molecule has 1 aliphatic rings. The third-order valence-corrected chi connectivity index (χ3v) is 6.74. The average molecular weight is 486 g/mol. The summed E-state index contributed by atoms with van der Waals surface area (Å²) in [4.78, 5) is 15.5. The van der Waals surface area contributed by atoms with E-state index >= 15 is 0 Å². The van der Waals surface area contributed by atoms with Crippen LogP contribution in [0.1, 0.15) is 60.7 Å². The number of benzene rings is 3. The van der Waals surface area contributed by atoms with E-state index in [0.717, 1.165) is 31.7 Å². The number of hydrogen-bond acceptors (Lipinski definition) is 3. The summed E-state index contributed by atoms with van der Waals surface area (Å²) >= 11 is 5.50. The molecular weight excluding hydrogens is 450 g/mol. The normalized spacial score (nSPS) is 13.2. The van der Waals surface area contributed by atoms with Crippen molar-refractivity contribution in [2.45, 2.75) is 45.4 Å². The van der Waals surface area contributed by atoms with Gasteiger partial charge in [-0.1, -0.05) is 75.4 Å². The Hall–Kier alpha value is -3.18. The SMILES string of the molecule is CC(C)(C)c1ccc(C(=O)c2cccc(NC(=S)NCCCN3CCCc4ccccc43)c2)cc1. The van der Waals surface area contributed by atoms with Gasteiger partial charge < -0.3 is 15.5 Å². The second-order valence-corrected chi connectivity index (χ2v) is 10.6. The number of anilines is 2. The number of nitrogens with one attached hydrogen (secondary N) is 2. The summed E-state index contributed by atoms with van der Waals surface area (Å²) in [5, 5.41) is 7.10. The standard InChI is InChI=1S/C30H35N3OS/c1-30(2,3)25-16-14-23(15-17-25)28(34)24-10-6-12-26(21-24)32-29(35)31-18-8-20-33-19-7-11-22-9-4-5-13-27(22)33/h4-6,9-10,12-17,21H,7-8,11,18-20H2,1-3H3,(H2,31,32,35). The van der Waals surface area contributed by atoms with Crippen LogP contribution in [-0.2, 0) is 11.8 Å². The van der Waals surface area contributed by atoms with Crippen molar-refractivity contribution >= 4 is 34.5 Å². The van der Waals surface area contributed by atoms with Gasteiger partial charge in [0.15, 0.2) is 10.9 Å². The first-order valence-corrected chi connectivity index (χ1v) is 12.8. The van der Waals surface area contributed by atoms with E-state index < -0.39 is 0 Å². The van der Waals surface area contributed by atoms with E-state index in [1.165, 1.54) is 29.7 Å². The molecule has 1 heterocycles. The lowest BCUT2D eigenvalue weighted by atomic mass is 9.86. The number of aryl methyl sites for hydroxylation is 1. The van der Waals surface area contributed by atoms with Crippen molar-refractivity contribution in [2.24, 2.45) is 0 Å². The molecule has 3 aromatic rings. The number of hydrogen-bond donors (Lipinski definition) is 2. The summed E-state index contributed by atoms with van der Waals surface area (Å²) in [6.45, 7) is 9.42. The van der Waals surface area contributed by atoms with Crippen LogP contribution in [0.15, 0.2) is 72.8 Å². The minimum absolute atomic E-state index is 0.00907. The summed E-state index contributed by atoms with van der Waals surface area (Å²) in [6.07, 6.45) is 3.38. The predicted molar refractivity (Wildman–Crippen MR) is 151 cm³/mol. The molecule has 0 spiro atoms. The van der Waals surface area contributed by atoms with E-state index in [1.54, 1.807) is 0 Å². The monoisotopic (exact) mass is 485 g/mol. The van der Waals surface area contributed by atoms with E-state index in [1.807, 2.05) is 48.5 Å². The fraction of sp³-hybridized carbons (Fsp3) is 0.333. The second-order valence-electron chi connectivity index (χ2n) is 10.2. The first-order valence-electron chi connectivity index (χ1n) is 12.4. The van der Waals surface area contributed by atoms with Crippen LogP contribution in [0, 0.1) is 0 Å². The number of rotatable bonds is 7. The zero-order valence-corrected chi connectivity index (χ0v) is 21.8. The molecule has 0 bridgehead atoms. The molecule has 35 heavy (non-hydrogen) atoms. The van der Waals surface area contributed by atoms with Crippen LogP contribution in [0.5, 0.6) is 0 Å². The van der Waals surface area contributed by atoms with Crippen LogP contribution >= 0.6 is 12.2 Å². The van der Waals surface area contributed by atoms with Gasteiger partial charge in [-0.2, -0.15) is 0 Å². The average Bonchev–Trinajstić information content (AvgIpc) is 2.86. The summed E-state index contributed by atoms with van der Waals surface area (Å²) < 4.78 is 0. The van der Waals surface area contributed by atoms with E-state index in [2.05, 4.69) is 60.6 Å². The molecule has 2 N–H and O–H groups in total. The number of carbonyl (C=O) groups is 1. The van der Waals surface area contributed by atoms with E-state index in [4.69, 9.17) is 12.2 Å². The van der Waals surface area contributed by atoms with Crippen molar-refractivity contribution in [3.63, 3.8) is 0 Å². The topological polar surface area (TPSA) is 44.4 Å². The number of thiocarbonyl (C=S) groups is 1. The summed E-state index contributed by atoms with van der Waals surface area (Å²) in [5.74, 6) is 0.00907. The van der Waals surface area contributed by atoms with Crippen LogP contribution in [-0.4, -0.2) is 30.5 Å². The molecule has 182 valence electrons.